The molecule has 1 saturated heterocycles. The predicted octanol–water partition coefficient (Wildman–Crippen LogP) is -4.09. The number of unbranched alkanes of at least 4 members (excludes halogenated alkanes) is 1. The second kappa shape index (κ2) is 18.0. The topological polar surface area (TPSA) is 276 Å². The van der Waals surface area contributed by atoms with E-state index in [1.165, 1.54) is 0 Å². The number of guanidine groups is 1. The fraction of sp³-hybridized carbons (Fsp3) is 0.652. The highest BCUT2D eigenvalue weighted by atomic mass is 16.4. The summed E-state index contributed by atoms with van der Waals surface area (Å²) >= 11 is 0. The van der Waals surface area contributed by atoms with Crippen molar-refractivity contribution in [3.8, 4) is 0 Å². The van der Waals surface area contributed by atoms with Gasteiger partial charge in [0.2, 0.25) is 35.4 Å². The molecular formula is C23H39N9O8. The molecule has 3 atom stereocenters. The van der Waals surface area contributed by atoms with Gasteiger partial charge in [0.05, 0.1) is 19.5 Å². The highest BCUT2D eigenvalue weighted by Crippen LogP contribution is 2.05. The van der Waals surface area contributed by atoms with Crippen LogP contribution in [0.5, 0.6) is 0 Å². The van der Waals surface area contributed by atoms with Crippen LogP contribution in [-0.4, -0.2) is 96.8 Å². The first-order valence-electron chi connectivity index (χ1n) is 12.9. The van der Waals surface area contributed by atoms with Crippen LogP contribution in [0, 0.1) is 0 Å². The van der Waals surface area contributed by atoms with E-state index >= 15 is 0 Å². The van der Waals surface area contributed by atoms with E-state index in [2.05, 4.69) is 36.9 Å². The maximum absolute atomic E-state index is 13.1. The molecule has 0 aromatic heterocycles. The summed E-state index contributed by atoms with van der Waals surface area (Å²) < 4.78 is 0. The first-order chi connectivity index (χ1) is 18.9. The van der Waals surface area contributed by atoms with E-state index in [9.17, 15) is 33.6 Å². The third kappa shape index (κ3) is 13.9. The summed E-state index contributed by atoms with van der Waals surface area (Å²) in [6, 6.07) is -3.74. The molecule has 0 saturated carbocycles. The van der Waals surface area contributed by atoms with Gasteiger partial charge in [0, 0.05) is 19.5 Å². The lowest BCUT2D eigenvalue weighted by Gasteiger charge is -2.23. The standard InChI is InChI=1S/C23H39N9O8/c1-2-16(33)26-8-4-3-6-14-22(40)32-13(7-5-9-27-23(24)25)20(38)28-12-18(35)31-15(10-19(36)37)21(39)29-11-17(34)30-14/h13-15H,2-12H2,1H3,(H,26,33)(H,28,38)(H,29,39)(H,30,34)(H,31,35)(H,32,40)(H,36,37)(H4,24,25,27). The predicted molar refractivity (Wildman–Crippen MR) is 141 cm³/mol. The van der Waals surface area contributed by atoms with Crippen LogP contribution in [0.25, 0.3) is 0 Å². The van der Waals surface area contributed by atoms with E-state index in [1.54, 1.807) is 6.92 Å². The first-order valence-corrected chi connectivity index (χ1v) is 12.9. The number of rotatable bonds is 12. The number of nitrogens with zero attached hydrogens (tertiary/aromatic N) is 1. The van der Waals surface area contributed by atoms with Crippen molar-refractivity contribution in [3.63, 3.8) is 0 Å². The number of aliphatic carboxylic acids is 1. The number of carbonyl (C=O) groups excluding carboxylic acids is 6. The molecule has 0 radical (unpaired) electrons. The Balaban J connectivity index is 3.10. The lowest BCUT2D eigenvalue weighted by molar-refractivity contribution is -0.140. The number of carboxylic acid groups (broad SMARTS) is 1. The van der Waals surface area contributed by atoms with Crippen molar-refractivity contribution in [3.05, 3.63) is 0 Å². The van der Waals surface area contributed by atoms with Gasteiger partial charge >= 0.3 is 5.97 Å². The van der Waals surface area contributed by atoms with Crippen molar-refractivity contribution in [2.75, 3.05) is 26.2 Å². The van der Waals surface area contributed by atoms with E-state index in [0.717, 1.165) is 0 Å². The molecule has 1 aliphatic rings. The molecule has 1 heterocycles. The zero-order chi connectivity index (χ0) is 30.1. The van der Waals surface area contributed by atoms with Gasteiger partial charge in [0.15, 0.2) is 5.96 Å². The van der Waals surface area contributed by atoms with E-state index in [-0.39, 0.29) is 37.7 Å². The molecular weight excluding hydrogens is 530 g/mol. The molecule has 1 aliphatic heterocycles. The van der Waals surface area contributed by atoms with Crippen molar-refractivity contribution in [2.45, 2.75) is 70.0 Å². The molecule has 0 aliphatic carbocycles. The molecule has 3 unspecified atom stereocenters. The van der Waals surface area contributed by atoms with Crippen molar-refractivity contribution >= 4 is 47.4 Å². The van der Waals surface area contributed by atoms with Crippen LogP contribution >= 0.6 is 0 Å². The summed E-state index contributed by atoms with van der Waals surface area (Å²) in [6.07, 6.45) is 1.02. The number of carbonyl (C=O) groups is 7. The van der Waals surface area contributed by atoms with Crippen LogP contribution in [-0.2, 0) is 33.6 Å². The number of amides is 6. The highest BCUT2D eigenvalue weighted by molar-refractivity contribution is 5.97. The highest BCUT2D eigenvalue weighted by Gasteiger charge is 2.29. The zero-order valence-corrected chi connectivity index (χ0v) is 22.4. The Bertz CT molecular complexity index is 968. The first kappa shape index (κ1) is 33.6. The zero-order valence-electron chi connectivity index (χ0n) is 22.4. The average molecular weight is 570 g/mol. The second-order valence-corrected chi connectivity index (χ2v) is 8.98. The van der Waals surface area contributed by atoms with Gasteiger partial charge in [-0.15, -0.1) is 0 Å². The van der Waals surface area contributed by atoms with Gasteiger partial charge in [-0.3, -0.25) is 38.6 Å². The van der Waals surface area contributed by atoms with Crippen LogP contribution in [0.4, 0.5) is 0 Å². The Morgan fingerprint density at radius 3 is 1.98 bits per heavy atom. The molecule has 0 bridgehead atoms. The summed E-state index contributed by atoms with van der Waals surface area (Å²) in [6.45, 7) is 1.04. The number of nitrogens with two attached hydrogens (primary N) is 2. The van der Waals surface area contributed by atoms with Gasteiger partial charge in [0.1, 0.15) is 18.1 Å². The molecule has 0 spiro atoms. The maximum atomic E-state index is 13.1. The number of nitrogens with one attached hydrogen (secondary N) is 6. The normalized spacial score (nSPS) is 20.8. The van der Waals surface area contributed by atoms with Gasteiger partial charge in [-0.25, -0.2) is 0 Å². The van der Waals surface area contributed by atoms with Crippen molar-refractivity contribution in [2.24, 2.45) is 16.5 Å². The third-order valence-corrected chi connectivity index (χ3v) is 5.67. The van der Waals surface area contributed by atoms with E-state index < -0.39 is 73.1 Å². The minimum Gasteiger partial charge on any atom is -0.481 e. The summed E-state index contributed by atoms with van der Waals surface area (Å²) in [4.78, 5) is 89.8. The summed E-state index contributed by atoms with van der Waals surface area (Å²) in [5.74, 6) is -5.60. The molecule has 11 N–H and O–H groups in total. The quantitative estimate of drug-likeness (QED) is 0.0622. The van der Waals surface area contributed by atoms with Gasteiger partial charge in [-0.05, 0) is 32.1 Å². The minimum atomic E-state index is -1.51. The molecule has 224 valence electrons. The van der Waals surface area contributed by atoms with Crippen LogP contribution in [0.2, 0.25) is 0 Å². The molecule has 1 fully saturated rings. The Hall–Kier alpha value is -4.44. The summed E-state index contributed by atoms with van der Waals surface area (Å²) in [5.41, 5.74) is 10.6. The van der Waals surface area contributed by atoms with Crippen LogP contribution < -0.4 is 43.4 Å². The van der Waals surface area contributed by atoms with Gasteiger partial charge in [-0.2, -0.15) is 0 Å². The Morgan fingerprint density at radius 2 is 1.40 bits per heavy atom. The van der Waals surface area contributed by atoms with Crippen LogP contribution in [0.1, 0.15) is 51.9 Å². The van der Waals surface area contributed by atoms with Crippen molar-refractivity contribution in [1.82, 2.24) is 31.9 Å². The van der Waals surface area contributed by atoms with E-state index in [4.69, 9.17) is 16.6 Å². The summed E-state index contributed by atoms with van der Waals surface area (Å²) in [5, 5.41) is 23.7. The lowest BCUT2D eigenvalue weighted by Crippen LogP contribution is -2.55. The molecule has 0 aromatic rings. The van der Waals surface area contributed by atoms with Gasteiger partial charge in [0.25, 0.3) is 0 Å². The van der Waals surface area contributed by atoms with Crippen LogP contribution in [0.3, 0.4) is 0 Å². The minimum absolute atomic E-state index is 0.0847. The molecule has 1 rings (SSSR count). The Labute approximate surface area is 231 Å². The molecule has 40 heavy (non-hydrogen) atoms. The molecule has 0 aromatic carbocycles. The average Bonchev–Trinajstić information content (AvgIpc) is 2.89. The molecule has 17 heteroatoms. The monoisotopic (exact) mass is 569 g/mol. The molecule has 17 nitrogen and oxygen atoms in total. The Kier molecular flexibility index (Phi) is 15.1. The Morgan fingerprint density at radius 1 is 0.850 bits per heavy atom. The van der Waals surface area contributed by atoms with E-state index in [0.29, 0.717) is 25.8 Å². The smallest absolute Gasteiger partial charge is 0.305 e. The van der Waals surface area contributed by atoms with Crippen molar-refractivity contribution < 1.29 is 38.7 Å². The SMILES string of the molecule is CCC(=O)NCCCCC1NC(=O)CNC(=O)C(CC(=O)O)NC(=O)CNC(=O)C(CCCN=C(N)N)NC1=O. The fourth-order valence-electron chi connectivity index (χ4n) is 3.60. The largest absolute Gasteiger partial charge is 0.481 e. The second-order valence-electron chi connectivity index (χ2n) is 8.98. The number of aliphatic imine (C=N–C) groups is 1. The lowest BCUT2D eigenvalue weighted by atomic mass is 10.1. The van der Waals surface area contributed by atoms with Gasteiger partial charge < -0.3 is 48.5 Å². The summed E-state index contributed by atoms with van der Waals surface area (Å²) in [7, 11) is 0. The fourth-order valence-corrected chi connectivity index (χ4v) is 3.60. The van der Waals surface area contributed by atoms with E-state index in [1.807, 2.05) is 0 Å². The van der Waals surface area contributed by atoms with Crippen molar-refractivity contribution in [1.29, 1.82) is 0 Å². The van der Waals surface area contributed by atoms with Crippen LogP contribution in [0.15, 0.2) is 4.99 Å². The number of hydrogen-bond acceptors (Lipinski definition) is 8. The molecule has 6 amide bonds. The van der Waals surface area contributed by atoms with Gasteiger partial charge in [-0.1, -0.05) is 6.92 Å². The number of carboxylic acids is 1. The third-order valence-electron chi connectivity index (χ3n) is 5.67. The maximum Gasteiger partial charge on any atom is 0.305 e. The number of hydrogen-bond donors (Lipinski definition) is 9.